The molecule has 0 radical (unpaired) electrons. The van der Waals surface area contributed by atoms with Crippen molar-refractivity contribution in [2.75, 3.05) is 18.0 Å². The van der Waals surface area contributed by atoms with E-state index in [1.807, 2.05) is 0 Å². The molecular formula is C15H24N2. The van der Waals surface area contributed by atoms with Crippen LogP contribution in [0.25, 0.3) is 0 Å². The van der Waals surface area contributed by atoms with Gasteiger partial charge < -0.3 is 10.6 Å². The van der Waals surface area contributed by atoms with Crippen LogP contribution in [0.4, 0.5) is 5.69 Å². The van der Waals surface area contributed by atoms with Gasteiger partial charge in [0, 0.05) is 24.3 Å². The third kappa shape index (κ3) is 3.01. The van der Waals surface area contributed by atoms with E-state index in [-0.39, 0.29) is 5.54 Å². The summed E-state index contributed by atoms with van der Waals surface area (Å²) in [4.78, 5) is 2.42. The summed E-state index contributed by atoms with van der Waals surface area (Å²) in [6, 6.07) is 8.75. The van der Waals surface area contributed by atoms with Crippen molar-refractivity contribution in [2.45, 2.75) is 45.1 Å². The third-order valence-electron chi connectivity index (χ3n) is 3.88. The fraction of sp³-hybridized carbons (Fsp3) is 0.600. The summed E-state index contributed by atoms with van der Waals surface area (Å²) >= 11 is 0. The van der Waals surface area contributed by atoms with Crippen molar-refractivity contribution >= 4 is 5.69 Å². The first-order valence-corrected chi connectivity index (χ1v) is 6.80. The number of hydrogen-bond donors (Lipinski definition) is 1. The van der Waals surface area contributed by atoms with Crippen molar-refractivity contribution < 1.29 is 0 Å². The van der Waals surface area contributed by atoms with Crippen LogP contribution in [0.5, 0.6) is 0 Å². The van der Waals surface area contributed by atoms with Gasteiger partial charge in [0.25, 0.3) is 0 Å². The molecule has 2 rings (SSSR count). The van der Waals surface area contributed by atoms with Crippen molar-refractivity contribution in [3.63, 3.8) is 0 Å². The zero-order chi connectivity index (χ0) is 12.3. The number of para-hydroxylation sites is 1. The summed E-state index contributed by atoms with van der Waals surface area (Å²) < 4.78 is 0. The summed E-state index contributed by atoms with van der Waals surface area (Å²) in [5.41, 5.74) is 9.18. The van der Waals surface area contributed by atoms with Crippen LogP contribution < -0.4 is 10.6 Å². The Morgan fingerprint density at radius 3 is 2.41 bits per heavy atom. The average molecular weight is 232 g/mol. The standard InChI is InChI=1S/C15H24N2/c1-3-17(4-2)14-8-6-5-7-13(14)9-10-15(16)11-12-15/h5-8H,3-4,9-12,16H2,1-2H3. The molecule has 94 valence electrons. The minimum Gasteiger partial charge on any atom is -0.372 e. The average Bonchev–Trinajstić information content (AvgIpc) is 3.08. The van der Waals surface area contributed by atoms with E-state index in [1.165, 1.54) is 24.1 Å². The molecule has 1 aromatic rings. The predicted molar refractivity (Wildman–Crippen MR) is 74.5 cm³/mol. The summed E-state index contributed by atoms with van der Waals surface area (Å²) in [7, 11) is 0. The molecule has 2 N–H and O–H groups in total. The molecule has 0 amide bonds. The quantitative estimate of drug-likeness (QED) is 0.817. The zero-order valence-electron chi connectivity index (χ0n) is 11.1. The van der Waals surface area contributed by atoms with Crippen molar-refractivity contribution in [1.82, 2.24) is 0 Å². The molecule has 1 aromatic carbocycles. The molecule has 0 bridgehead atoms. The molecule has 0 spiro atoms. The van der Waals surface area contributed by atoms with E-state index in [0.717, 1.165) is 25.9 Å². The highest BCUT2D eigenvalue weighted by Gasteiger charge is 2.37. The second-order valence-corrected chi connectivity index (χ2v) is 5.16. The van der Waals surface area contributed by atoms with E-state index in [9.17, 15) is 0 Å². The largest absolute Gasteiger partial charge is 0.372 e. The number of benzene rings is 1. The van der Waals surface area contributed by atoms with Gasteiger partial charge in [-0.3, -0.25) is 0 Å². The van der Waals surface area contributed by atoms with E-state index in [4.69, 9.17) is 5.73 Å². The summed E-state index contributed by atoms with van der Waals surface area (Å²) in [6.45, 7) is 6.57. The van der Waals surface area contributed by atoms with Gasteiger partial charge in [-0.2, -0.15) is 0 Å². The van der Waals surface area contributed by atoms with E-state index in [1.54, 1.807) is 0 Å². The first-order valence-electron chi connectivity index (χ1n) is 6.80. The number of aryl methyl sites for hydroxylation is 1. The van der Waals surface area contributed by atoms with E-state index < -0.39 is 0 Å². The van der Waals surface area contributed by atoms with Crippen LogP contribution in [0.2, 0.25) is 0 Å². The van der Waals surface area contributed by atoms with Gasteiger partial charge in [-0.25, -0.2) is 0 Å². The minimum atomic E-state index is 0.163. The maximum absolute atomic E-state index is 6.17. The van der Waals surface area contributed by atoms with Gasteiger partial charge in [0.05, 0.1) is 0 Å². The van der Waals surface area contributed by atoms with E-state index >= 15 is 0 Å². The number of hydrogen-bond acceptors (Lipinski definition) is 2. The smallest absolute Gasteiger partial charge is 0.0398 e. The molecule has 17 heavy (non-hydrogen) atoms. The van der Waals surface area contributed by atoms with Gasteiger partial charge in [-0.15, -0.1) is 0 Å². The molecule has 1 saturated carbocycles. The highest BCUT2D eigenvalue weighted by atomic mass is 15.1. The van der Waals surface area contributed by atoms with Crippen molar-refractivity contribution in [3.05, 3.63) is 29.8 Å². The molecule has 1 aliphatic rings. The van der Waals surface area contributed by atoms with Gasteiger partial charge in [0.15, 0.2) is 0 Å². The molecule has 2 heteroatoms. The molecule has 1 fully saturated rings. The monoisotopic (exact) mass is 232 g/mol. The Labute approximate surface area is 105 Å². The lowest BCUT2D eigenvalue weighted by molar-refractivity contribution is 0.608. The van der Waals surface area contributed by atoms with Crippen molar-refractivity contribution in [3.8, 4) is 0 Å². The Bertz CT molecular complexity index is 365. The second kappa shape index (κ2) is 5.09. The molecule has 0 heterocycles. The SMILES string of the molecule is CCN(CC)c1ccccc1CCC1(N)CC1. The maximum Gasteiger partial charge on any atom is 0.0398 e. The lowest BCUT2D eigenvalue weighted by atomic mass is 10.0. The van der Waals surface area contributed by atoms with Crippen LogP contribution in [0, 0.1) is 0 Å². The molecular weight excluding hydrogens is 208 g/mol. The van der Waals surface area contributed by atoms with E-state index in [0.29, 0.717) is 0 Å². The number of rotatable bonds is 6. The predicted octanol–water partition coefficient (Wildman–Crippen LogP) is 2.96. The van der Waals surface area contributed by atoms with Crippen LogP contribution in [0.3, 0.4) is 0 Å². The topological polar surface area (TPSA) is 29.3 Å². The van der Waals surface area contributed by atoms with Crippen LogP contribution in [0.1, 0.15) is 38.7 Å². The Kier molecular flexibility index (Phi) is 3.72. The molecule has 0 aromatic heterocycles. The molecule has 0 aliphatic heterocycles. The Hall–Kier alpha value is -1.02. The van der Waals surface area contributed by atoms with Gasteiger partial charge >= 0.3 is 0 Å². The lowest BCUT2D eigenvalue weighted by Gasteiger charge is -2.24. The number of nitrogens with two attached hydrogens (primary N) is 1. The third-order valence-corrected chi connectivity index (χ3v) is 3.88. The number of anilines is 1. The minimum absolute atomic E-state index is 0.163. The van der Waals surface area contributed by atoms with E-state index in [2.05, 4.69) is 43.0 Å². The fourth-order valence-electron chi connectivity index (χ4n) is 2.39. The highest BCUT2D eigenvalue weighted by Crippen LogP contribution is 2.37. The Balaban J connectivity index is 2.09. The van der Waals surface area contributed by atoms with Gasteiger partial charge in [-0.1, -0.05) is 18.2 Å². The first kappa shape index (κ1) is 12.4. The van der Waals surface area contributed by atoms with Crippen LogP contribution in [0.15, 0.2) is 24.3 Å². The summed E-state index contributed by atoms with van der Waals surface area (Å²) in [5.74, 6) is 0. The van der Waals surface area contributed by atoms with Crippen LogP contribution in [-0.4, -0.2) is 18.6 Å². The van der Waals surface area contributed by atoms with Crippen LogP contribution in [-0.2, 0) is 6.42 Å². The fourth-order valence-corrected chi connectivity index (χ4v) is 2.39. The van der Waals surface area contributed by atoms with Crippen LogP contribution >= 0.6 is 0 Å². The maximum atomic E-state index is 6.17. The van der Waals surface area contributed by atoms with Gasteiger partial charge in [-0.05, 0) is 51.2 Å². The first-order chi connectivity index (χ1) is 8.18. The normalized spacial score (nSPS) is 16.9. The molecule has 0 unspecified atom stereocenters. The van der Waals surface area contributed by atoms with Crippen molar-refractivity contribution in [2.24, 2.45) is 5.73 Å². The van der Waals surface area contributed by atoms with Gasteiger partial charge in [0.1, 0.15) is 0 Å². The highest BCUT2D eigenvalue weighted by molar-refractivity contribution is 5.53. The Morgan fingerprint density at radius 1 is 1.18 bits per heavy atom. The van der Waals surface area contributed by atoms with Crippen molar-refractivity contribution in [1.29, 1.82) is 0 Å². The molecule has 2 nitrogen and oxygen atoms in total. The zero-order valence-corrected chi connectivity index (χ0v) is 11.1. The number of nitrogens with zero attached hydrogens (tertiary/aromatic N) is 1. The molecule has 0 atom stereocenters. The van der Waals surface area contributed by atoms with Gasteiger partial charge in [0.2, 0.25) is 0 Å². The summed E-state index contributed by atoms with van der Waals surface area (Å²) in [5, 5.41) is 0. The molecule has 1 aliphatic carbocycles. The molecule has 0 saturated heterocycles. The second-order valence-electron chi connectivity index (χ2n) is 5.16. The lowest BCUT2D eigenvalue weighted by Crippen LogP contribution is -2.25. The summed E-state index contributed by atoms with van der Waals surface area (Å²) in [6.07, 6.45) is 4.66. The Morgan fingerprint density at radius 2 is 1.82 bits per heavy atom.